The second-order valence-electron chi connectivity index (χ2n) is 6.81. The molecule has 1 aromatic carbocycles. The molecule has 0 bridgehead atoms. The Labute approximate surface area is 156 Å². The van der Waals surface area contributed by atoms with E-state index < -0.39 is 0 Å². The topological polar surface area (TPSA) is 54.5 Å². The zero-order valence-corrected chi connectivity index (χ0v) is 16.3. The van der Waals surface area contributed by atoms with Gasteiger partial charge in [0.1, 0.15) is 12.4 Å². The number of aryl methyl sites for hydroxylation is 1. The Hall–Kier alpha value is -2.56. The van der Waals surface area contributed by atoms with E-state index in [1.54, 1.807) is 12.4 Å². The largest absolute Gasteiger partial charge is 0.491 e. The van der Waals surface area contributed by atoms with E-state index in [-0.39, 0.29) is 18.0 Å². The van der Waals surface area contributed by atoms with Crippen molar-refractivity contribution in [2.24, 2.45) is 0 Å². The second kappa shape index (κ2) is 9.22. The van der Waals surface area contributed by atoms with Crippen LogP contribution in [0.15, 0.2) is 42.7 Å². The third-order valence-corrected chi connectivity index (χ3v) is 4.12. The molecule has 0 fully saturated rings. The molecule has 140 valence electrons. The van der Waals surface area contributed by atoms with Gasteiger partial charge >= 0.3 is 0 Å². The summed E-state index contributed by atoms with van der Waals surface area (Å²) >= 11 is 0. The molecule has 0 aliphatic heterocycles. The van der Waals surface area contributed by atoms with Crippen molar-refractivity contribution in [1.82, 2.24) is 9.88 Å². The van der Waals surface area contributed by atoms with Gasteiger partial charge in [-0.2, -0.15) is 0 Å². The molecule has 0 unspecified atom stereocenters. The number of nitrogens with one attached hydrogen (secondary N) is 1. The number of carbonyl (C=O) groups excluding carboxylic acids is 1. The summed E-state index contributed by atoms with van der Waals surface area (Å²) in [5.74, 6) is 0.760. The van der Waals surface area contributed by atoms with E-state index in [2.05, 4.69) is 17.2 Å². The number of carbonyl (C=O) groups is 1. The molecule has 2 aromatic rings. The Morgan fingerprint density at radius 1 is 1.19 bits per heavy atom. The van der Waals surface area contributed by atoms with E-state index in [4.69, 9.17) is 4.74 Å². The zero-order chi connectivity index (χ0) is 19.1. The first-order valence-electron chi connectivity index (χ1n) is 9.12. The number of hydrogen-bond donors (Lipinski definition) is 1. The van der Waals surface area contributed by atoms with Gasteiger partial charge < -0.3 is 15.0 Å². The first-order chi connectivity index (χ1) is 12.4. The van der Waals surface area contributed by atoms with Crippen LogP contribution in [-0.2, 0) is 0 Å². The van der Waals surface area contributed by atoms with Gasteiger partial charge in [0.2, 0.25) is 0 Å². The highest BCUT2D eigenvalue weighted by molar-refractivity contribution is 5.95. The number of hydrogen-bond acceptors (Lipinski definition) is 4. The molecule has 1 atom stereocenters. The minimum absolute atomic E-state index is 0.0407. The van der Waals surface area contributed by atoms with Crippen molar-refractivity contribution in [3.8, 4) is 5.75 Å². The summed E-state index contributed by atoms with van der Waals surface area (Å²) in [4.78, 5) is 18.6. The van der Waals surface area contributed by atoms with Crippen molar-refractivity contribution in [3.63, 3.8) is 0 Å². The smallest absolute Gasteiger partial charge is 0.254 e. The van der Waals surface area contributed by atoms with Crippen molar-refractivity contribution >= 4 is 11.6 Å². The highest BCUT2D eigenvalue weighted by atomic mass is 16.5. The summed E-state index contributed by atoms with van der Waals surface area (Å²) in [5.41, 5.74) is 2.69. The van der Waals surface area contributed by atoms with Crippen LogP contribution in [0.25, 0.3) is 0 Å². The van der Waals surface area contributed by atoms with Crippen LogP contribution < -0.4 is 10.1 Å². The van der Waals surface area contributed by atoms with E-state index in [0.717, 1.165) is 17.0 Å². The van der Waals surface area contributed by atoms with Crippen LogP contribution in [0.2, 0.25) is 0 Å². The van der Waals surface area contributed by atoms with Gasteiger partial charge in [-0.25, -0.2) is 0 Å². The van der Waals surface area contributed by atoms with Gasteiger partial charge in [0.05, 0.1) is 6.04 Å². The summed E-state index contributed by atoms with van der Waals surface area (Å²) in [5, 5.41) is 3.37. The van der Waals surface area contributed by atoms with Crippen LogP contribution in [0.4, 0.5) is 5.69 Å². The van der Waals surface area contributed by atoms with Gasteiger partial charge in [-0.15, -0.1) is 0 Å². The van der Waals surface area contributed by atoms with Crippen LogP contribution in [0.3, 0.4) is 0 Å². The quantitative estimate of drug-likeness (QED) is 0.773. The number of nitrogens with zero attached hydrogens (tertiary/aromatic N) is 2. The highest BCUT2D eigenvalue weighted by Crippen LogP contribution is 2.20. The number of rotatable bonds is 8. The summed E-state index contributed by atoms with van der Waals surface area (Å²) in [6.07, 6.45) is 3.51. The first kappa shape index (κ1) is 19.8. The van der Waals surface area contributed by atoms with E-state index in [0.29, 0.717) is 18.7 Å². The average molecular weight is 355 g/mol. The lowest BCUT2D eigenvalue weighted by molar-refractivity contribution is 0.0716. The second-order valence-corrected chi connectivity index (χ2v) is 6.81. The molecule has 0 radical (unpaired) electrons. The number of pyridine rings is 1. The summed E-state index contributed by atoms with van der Waals surface area (Å²) in [6, 6.07) is 9.85. The molecular weight excluding hydrogens is 326 g/mol. The molecule has 5 heteroatoms. The standard InChI is InChI=1S/C21H29N3O2/c1-6-24(15(2)3)21(25)18-11-16(4)12-20(13-18)26-14-17(5)23-19-7-9-22-10-8-19/h7-13,15,17H,6,14H2,1-5H3,(H,22,23)/t17-/m0/s1. The molecule has 5 nitrogen and oxygen atoms in total. The van der Waals surface area contributed by atoms with Gasteiger partial charge in [0.25, 0.3) is 5.91 Å². The van der Waals surface area contributed by atoms with Crippen LogP contribution in [0.5, 0.6) is 5.75 Å². The van der Waals surface area contributed by atoms with Crippen molar-refractivity contribution < 1.29 is 9.53 Å². The molecule has 0 aliphatic rings. The van der Waals surface area contributed by atoms with Gasteiger partial charge in [-0.05, 0) is 70.5 Å². The predicted molar refractivity (Wildman–Crippen MR) is 106 cm³/mol. The summed E-state index contributed by atoms with van der Waals surface area (Å²) < 4.78 is 5.94. The number of anilines is 1. The van der Waals surface area contributed by atoms with E-state index >= 15 is 0 Å². The van der Waals surface area contributed by atoms with Crippen molar-refractivity contribution in [2.45, 2.75) is 46.7 Å². The Balaban J connectivity index is 2.03. The van der Waals surface area contributed by atoms with Gasteiger partial charge in [-0.3, -0.25) is 9.78 Å². The van der Waals surface area contributed by atoms with Gasteiger partial charge in [-0.1, -0.05) is 0 Å². The Bertz CT molecular complexity index is 716. The zero-order valence-electron chi connectivity index (χ0n) is 16.3. The van der Waals surface area contributed by atoms with Crippen molar-refractivity contribution in [1.29, 1.82) is 0 Å². The third-order valence-electron chi connectivity index (χ3n) is 4.12. The lowest BCUT2D eigenvalue weighted by atomic mass is 10.1. The molecule has 1 N–H and O–H groups in total. The molecule has 0 saturated heterocycles. The minimum Gasteiger partial charge on any atom is -0.491 e. The number of aromatic nitrogens is 1. The van der Waals surface area contributed by atoms with E-state index in [1.807, 2.05) is 62.9 Å². The van der Waals surface area contributed by atoms with Crippen LogP contribution in [0, 0.1) is 6.92 Å². The fourth-order valence-corrected chi connectivity index (χ4v) is 2.86. The Kier molecular flexibility index (Phi) is 7.01. The minimum atomic E-state index is 0.0407. The van der Waals surface area contributed by atoms with Crippen LogP contribution in [-0.4, -0.2) is 41.0 Å². The summed E-state index contributed by atoms with van der Waals surface area (Å²) in [6.45, 7) is 11.3. The number of ether oxygens (including phenoxy) is 1. The maximum absolute atomic E-state index is 12.8. The number of benzene rings is 1. The molecule has 0 aliphatic carbocycles. The summed E-state index contributed by atoms with van der Waals surface area (Å²) in [7, 11) is 0. The third kappa shape index (κ3) is 5.48. The molecule has 0 spiro atoms. The molecule has 0 saturated carbocycles. The van der Waals surface area contributed by atoms with Crippen LogP contribution in [0.1, 0.15) is 43.6 Å². The Morgan fingerprint density at radius 2 is 1.88 bits per heavy atom. The van der Waals surface area contributed by atoms with E-state index in [9.17, 15) is 4.79 Å². The lowest BCUT2D eigenvalue weighted by Crippen LogP contribution is -2.36. The van der Waals surface area contributed by atoms with Crippen LogP contribution >= 0.6 is 0 Å². The normalized spacial score (nSPS) is 11.9. The fraction of sp³-hybridized carbons (Fsp3) is 0.429. The monoisotopic (exact) mass is 355 g/mol. The highest BCUT2D eigenvalue weighted by Gasteiger charge is 2.18. The fourth-order valence-electron chi connectivity index (χ4n) is 2.86. The van der Waals surface area contributed by atoms with Gasteiger partial charge in [0.15, 0.2) is 0 Å². The predicted octanol–water partition coefficient (Wildman–Crippen LogP) is 4.14. The Morgan fingerprint density at radius 3 is 2.50 bits per heavy atom. The van der Waals surface area contributed by atoms with Crippen molar-refractivity contribution in [2.75, 3.05) is 18.5 Å². The van der Waals surface area contributed by atoms with Crippen molar-refractivity contribution in [3.05, 3.63) is 53.9 Å². The maximum atomic E-state index is 12.8. The number of amides is 1. The first-order valence-corrected chi connectivity index (χ1v) is 9.12. The SMILES string of the molecule is CCN(C(=O)c1cc(C)cc(OC[C@H](C)Nc2ccncc2)c1)C(C)C. The van der Waals surface area contributed by atoms with E-state index in [1.165, 1.54) is 0 Å². The molecular formula is C21H29N3O2. The molecule has 2 rings (SSSR count). The average Bonchev–Trinajstić information content (AvgIpc) is 2.60. The molecule has 1 amide bonds. The maximum Gasteiger partial charge on any atom is 0.254 e. The molecule has 26 heavy (non-hydrogen) atoms. The molecule has 1 heterocycles. The molecule has 1 aromatic heterocycles. The van der Waals surface area contributed by atoms with Gasteiger partial charge in [0, 0.05) is 36.2 Å². The lowest BCUT2D eigenvalue weighted by Gasteiger charge is -2.25.